The molecule has 7 heteroatoms. The van der Waals surface area contributed by atoms with Gasteiger partial charge in [-0.3, -0.25) is 0 Å². The molecule has 19 heavy (non-hydrogen) atoms. The van der Waals surface area contributed by atoms with Crippen molar-refractivity contribution < 1.29 is 4.39 Å². The van der Waals surface area contributed by atoms with Crippen LogP contribution in [-0.2, 0) is 12.3 Å². The van der Waals surface area contributed by atoms with Gasteiger partial charge in [0.2, 0.25) is 0 Å². The standard InChI is InChI=1S/C12H16FN5S/c1-2-3-6-18-12(15-16-17-18)8-19-11-5-4-9(14)7-10(11)13/h4-5,7H,2-3,6,8,14H2,1H3. The van der Waals surface area contributed by atoms with Crippen LogP contribution in [0.4, 0.5) is 10.1 Å². The molecule has 1 heterocycles. The van der Waals surface area contributed by atoms with Gasteiger partial charge in [0, 0.05) is 17.1 Å². The molecule has 0 radical (unpaired) electrons. The molecule has 0 amide bonds. The molecule has 0 spiro atoms. The van der Waals surface area contributed by atoms with Crippen LogP contribution in [0.2, 0.25) is 0 Å². The Kier molecular flexibility index (Phi) is 4.73. The lowest BCUT2D eigenvalue weighted by Crippen LogP contribution is -2.05. The molecule has 5 nitrogen and oxygen atoms in total. The summed E-state index contributed by atoms with van der Waals surface area (Å²) >= 11 is 1.37. The number of nitrogen functional groups attached to an aromatic ring is 1. The van der Waals surface area contributed by atoms with Crippen molar-refractivity contribution in [2.24, 2.45) is 0 Å². The van der Waals surface area contributed by atoms with Gasteiger partial charge < -0.3 is 5.73 Å². The summed E-state index contributed by atoms with van der Waals surface area (Å²) in [6.45, 7) is 2.91. The first-order valence-corrected chi connectivity index (χ1v) is 7.12. The minimum absolute atomic E-state index is 0.308. The van der Waals surface area contributed by atoms with Crippen molar-refractivity contribution >= 4 is 17.4 Å². The van der Waals surface area contributed by atoms with Crippen LogP contribution in [0.5, 0.6) is 0 Å². The second kappa shape index (κ2) is 6.51. The van der Waals surface area contributed by atoms with Gasteiger partial charge in [0.25, 0.3) is 0 Å². The van der Waals surface area contributed by atoms with E-state index in [2.05, 4.69) is 22.4 Å². The highest BCUT2D eigenvalue weighted by Crippen LogP contribution is 2.26. The van der Waals surface area contributed by atoms with E-state index in [1.165, 1.54) is 17.8 Å². The third kappa shape index (κ3) is 3.66. The minimum Gasteiger partial charge on any atom is -0.399 e. The smallest absolute Gasteiger partial charge is 0.161 e. The highest BCUT2D eigenvalue weighted by atomic mass is 32.2. The molecule has 2 N–H and O–H groups in total. The summed E-state index contributed by atoms with van der Waals surface area (Å²) in [4.78, 5) is 0.555. The van der Waals surface area contributed by atoms with Crippen molar-refractivity contribution in [2.75, 3.05) is 5.73 Å². The lowest BCUT2D eigenvalue weighted by molar-refractivity contribution is 0.540. The fourth-order valence-electron chi connectivity index (χ4n) is 1.58. The monoisotopic (exact) mass is 281 g/mol. The lowest BCUT2D eigenvalue weighted by atomic mass is 10.3. The minimum atomic E-state index is -0.308. The molecule has 2 rings (SSSR count). The van der Waals surface area contributed by atoms with Gasteiger partial charge in [-0.05, 0) is 35.0 Å². The van der Waals surface area contributed by atoms with Crippen LogP contribution in [0.15, 0.2) is 23.1 Å². The van der Waals surface area contributed by atoms with E-state index in [9.17, 15) is 4.39 Å². The molecule has 1 aromatic carbocycles. The second-order valence-electron chi connectivity index (χ2n) is 4.15. The molecule has 0 saturated heterocycles. The van der Waals surface area contributed by atoms with Gasteiger partial charge in [0.15, 0.2) is 5.82 Å². The number of nitrogens with two attached hydrogens (primary N) is 1. The van der Waals surface area contributed by atoms with Gasteiger partial charge in [-0.25, -0.2) is 9.07 Å². The molecule has 0 aliphatic rings. The fraction of sp³-hybridized carbons (Fsp3) is 0.417. The number of aromatic nitrogens is 4. The van der Waals surface area contributed by atoms with E-state index in [-0.39, 0.29) is 5.82 Å². The number of thioether (sulfide) groups is 1. The number of aryl methyl sites for hydroxylation is 1. The van der Waals surface area contributed by atoms with Gasteiger partial charge in [-0.15, -0.1) is 16.9 Å². The van der Waals surface area contributed by atoms with Gasteiger partial charge in [-0.2, -0.15) is 0 Å². The largest absolute Gasteiger partial charge is 0.399 e. The van der Waals surface area contributed by atoms with Gasteiger partial charge in [0.1, 0.15) is 5.82 Å². The van der Waals surface area contributed by atoms with Crippen LogP contribution >= 0.6 is 11.8 Å². The zero-order chi connectivity index (χ0) is 13.7. The van der Waals surface area contributed by atoms with Crippen LogP contribution in [0, 0.1) is 5.82 Å². The van der Waals surface area contributed by atoms with E-state index in [1.807, 2.05) is 0 Å². The van der Waals surface area contributed by atoms with Crippen molar-refractivity contribution in [2.45, 2.75) is 37.0 Å². The molecule has 0 aliphatic heterocycles. The molecule has 0 unspecified atom stereocenters. The number of anilines is 1. The van der Waals surface area contributed by atoms with Crippen molar-refractivity contribution in [1.82, 2.24) is 20.2 Å². The lowest BCUT2D eigenvalue weighted by Gasteiger charge is -2.05. The Morgan fingerprint density at radius 1 is 1.42 bits per heavy atom. The van der Waals surface area contributed by atoms with Gasteiger partial charge >= 0.3 is 0 Å². The topological polar surface area (TPSA) is 69.6 Å². The first-order valence-electron chi connectivity index (χ1n) is 6.13. The van der Waals surface area contributed by atoms with Crippen LogP contribution in [0.25, 0.3) is 0 Å². The van der Waals surface area contributed by atoms with E-state index >= 15 is 0 Å². The maximum atomic E-state index is 13.6. The highest BCUT2D eigenvalue weighted by molar-refractivity contribution is 7.98. The van der Waals surface area contributed by atoms with E-state index in [4.69, 9.17) is 5.73 Å². The van der Waals surface area contributed by atoms with E-state index in [1.54, 1.807) is 16.8 Å². The van der Waals surface area contributed by atoms with Crippen LogP contribution in [0.3, 0.4) is 0 Å². The third-order valence-electron chi connectivity index (χ3n) is 2.64. The third-order valence-corrected chi connectivity index (χ3v) is 3.69. The Balaban J connectivity index is 2.00. The van der Waals surface area contributed by atoms with Crippen molar-refractivity contribution in [1.29, 1.82) is 0 Å². The van der Waals surface area contributed by atoms with Gasteiger partial charge in [0.05, 0.1) is 5.75 Å². The Bertz CT molecular complexity index is 543. The SMILES string of the molecule is CCCCn1nnnc1CSc1ccc(N)cc1F. The Morgan fingerprint density at radius 3 is 3.00 bits per heavy atom. The number of halogens is 1. The number of hydrogen-bond donors (Lipinski definition) is 1. The average molecular weight is 281 g/mol. The number of nitrogens with zero attached hydrogens (tertiary/aromatic N) is 4. The number of tetrazole rings is 1. The number of unbranched alkanes of at least 4 members (excludes halogenated alkanes) is 1. The summed E-state index contributed by atoms with van der Waals surface area (Å²) in [7, 11) is 0. The van der Waals surface area contributed by atoms with Crippen LogP contribution < -0.4 is 5.73 Å². The summed E-state index contributed by atoms with van der Waals surface area (Å²) in [6, 6.07) is 4.68. The quantitative estimate of drug-likeness (QED) is 0.650. The van der Waals surface area contributed by atoms with E-state index in [0.717, 1.165) is 25.2 Å². The predicted molar refractivity (Wildman–Crippen MR) is 73.1 cm³/mol. The molecule has 0 fully saturated rings. The predicted octanol–water partition coefficient (Wildman–Crippen LogP) is 2.49. The Hall–Kier alpha value is -1.63. The molecular formula is C12H16FN5S. The average Bonchev–Trinajstić information content (AvgIpc) is 2.83. The summed E-state index contributed by atoms with van der Waals surface area (Å²) in [5.41, 5.74) is 5.94. The molecular weight excluding hydrogens is 265 g/mol. The maximum absolute atomic E-state index is 13.6. The van der Waals surface area contributed by atoms with E-state index < -0.39 is 0 Å². The fourth-order valence-corrected chi connectivity index (χ4v) is 2.44. The van der Waals surface area contributed by atoms with Crippen LogP contribution in [0.1, 0.15) is 25.6 Å². The number of rotatable bonds is 6. The second-order valence-corrected chi connectivity index (χ2v) is 5.17. The molecule has 0 saturated carbocycles. The van der Waals surface area contributed by atoms with Crippen molar-refractivity contribution in [3.63, 3.8) is 0 Å². The molecule has 0 aliphatic carbocycles. The number of hydrogen-bond acceptors (Lipinski definition) is 5. The molecule has 1 aromatic heterocycles. The number of benzene rings is 1. The molecule has 0 bridgehead atoms. The molecule has 2 aromatic rings. The van der Waals surface area contributed by atoms with Crippen LogP contribution in [-0.4, -0.2) is 20.2 Å². The highest BCUT2D eigenvalue weighted by Gasteiger charge is 2.09. The summed E-state index contributed by atoms with van der Waals surface area (Å²) in [6.07, 6.45) is 2.11. The Morgan fingerprint density at radius 2 is 2.26 bits per heavy atom. The first kappa shape index (κ1) is 13.8. The van der Waals surface area contributed by atoms with Gasteiger partial charge in [-0.1, -0.05) is 13.3 Å². The summed E-state index contributed by atoms with van der Waals surface area (Å²) < 4.78 is 15.4. The first-order chi connectivity index (χ1) is 9.20. The Labute approximate surface area is 115 Å². The van der Waals surface area contributed by atoms with Crippen molar-refractivity contribution in [3.05, 3.63) is 29.8 Å². The summed E-state index contributed by atoms with van der Waals surface area (Å²) in [5, 5.41) is 11.6. The molecule has 0 atom stereocenters. The van der Waals surface area contributed by atoms with Crippen molar-refractivity contribution in [3.8, 4) is 0 Å². The van der Waals surface area contributed by atoms with E-state index in [0.29, 0.717) is 16.3 Å². The zero-order valence-electron chi connectivity index (χ0n) is 10.7. The molecule has 102 valence electrons. The zero-order valence-corrected chi connectivity index (χ0v) is 11.5. The maximum Gasteiger partial charge on any atom is 0.161 e. The summed E-state index contributed by atoms with van der Waals surface area (Å²) in [5.74, 6) is 0.990. The normalized spacial score (nSPS) is 10.8.